The SMILES string of the molecule is CCOP(=O)([O-])[O-].CC[P+](c1ccccc1)(c1ccccc1)c1ccccc1.CC[P+](c1ccccc1)(c1ccccc1)c1ccccc1. The van der Waals surface area contributed by atoms with Crippen molar-refractivity contribution in [3.8, 4) is 0 Å². The minimum absolute atomic E-state index is 0.0791. The van der Waals surface area contributed by atoms with Crippen LogP contribution in [0.15, 0.2) is 182 Å². The molecule has 0 N–H and O–H groups in total. The summed E-state index contributed by atoms with van der Waals surface area (Å²) in [7, 11) is -7.73. The van der Waals surface area contributed by atoms with Crippen molar-refractivity contribution in [2.75, 3.05) is 18.9 Å². The van der Waals surface area contributed by atoms with Crippen molar-refractivity contribution in [3.63, 3.8) is 0 Å². The van der Waals surface area contributed by atoms with Crippen molar-refractivity contribution in [1.29, 1.82) is 0 Å². The molecule has 6 aromatic carbocycles. The average molecular weight is 707 g/mol. The van der Waals surface area contributed by atoms with Crippen molar-refractivity contribution >= 4 is 54.2 Å². The van der Waals surface area contributed by atoms with E-state index in [1.165, 1.54) is 38.8 Å². The van der Waals surface area contributed by atoms with E-state index in [9.17, 15) is 14.4 Å². The van der Waals surface area contributed by atoms with E-state index in [1.807, 2.05) is 0 Å². The molecule has 4 nitrogen and oxygen atoms in total. The number of phosphoric ester groups is 1. The first-order chi connectivity index (χ1) is 23.8. The van der Waals surface area contributed by atoms with Crippen molar-refractivity contribution in [3.05, 3.63) is 182 Å². The zero-order chi connectivity index (χ0) is 35.0. The smallest absolute Gasteiger partial charge is 0.111 e. The Hall–Kier alpha value is -3.71. The quantitative estimate of drug-likeness (QED) is 0.146. The number of rotatable bonds is 10. The van der Waals surface area contributed by atoms with Crippen molar-refractivity contribution in [2.45, 2.75) is 20.8 Å². The first-order valence-electron chi connectivity index (χ1n) is 16.6. The maximum absolute atomic E-state index is 9.48. The van der Waals surface area contributed by atoms with E-state index in [0.717, 1.165) is 12.3 Å². The summed E-state index contributed by atoms with van der Waals surface area (Å²) in [6, 6.07) is 66.0. The highest BCUT2D eigenvalue weighted by Crippen LogP contribution is 2.55. The molecule has 0 spiro atoms. The highest BCUT2D eigenvalue weighted by atomic mass is 31.2. The first kappa shape index (κ1) is 38.1. The molecule has 0 aromatic heterocycles. The van der Waals surface area contributed by atoms with E-state index >= 15 is 0 Å². The summed E-state index contributed by atoms with van der Waals surface area (Å²) in [5.41, 5.74) is 0. The maximum atomic E-state index is 9.48. The Morgan fingerprint density at radius 1 is 0.408 bits per heavy atom. The lowest BCUT2D eigenvalue weighted by Crippen LogP contribution is -2.32. The molecule has 0 heterocycles. The third kappa shape index (κ3) is 9.72. The summed E-state index contributed by atoms with van der Waals surface area (Å²) in [6.45, 7) is 5.99. The zero-order valence-electron chi connectivity index (χ0n) is 28.4. The topological polar surface area (TPSA) is 72.4 Å². The van der Waals surface area contributed by atoms with Gasteiger partial charge in [-0.1, -0.05) is 109 Å². The summed E-state index contributed by atoms with van der Waals surface area (Å²) in [5, 5.41) is 8.78. The van der Waals surface area contributed by atoms with Gasteiger partial charge in [-0.25, -0.2) is 0 Å². The van der Waals surface area contributed by atoms with Crippen molar-refractivity contribution < 1.29 is 18.9 Å². The van der Waals surface area contributed by atoms with Crippen LogP contribution in [0.4, 0.5) is 0 Å². The van der Waals surface area contributed by atoms with Gasteiger partial charge >= 0.3 is 0 Å². The Bertz CT molecular complexity index is 1500. The molecule has 0 aliphatic rings. The maximum Gasteiger partial charge on any atom is 0.111 e. The Kier molecular flexibility index (Phi) is 14.7. The molecule has 0 bridgehead atoms. The highest BCUT2D eigenvalue weighted by Gasteiger charge is 2.44. The molecule has 49 heavy (non-hydrogen) atoms. The van der Waals surface area contributed by atoms with Crippen molar-refractivity contribution in [2.24, 2.45) is 0 Å². The molecule has 7 heteroatoms. The Morgan fingerprint density at radius 2 is 0.592 bits per heavy atom. The molecule has 0 radical (unpaired) electrons. The Balaban J connectivity index is 0.000000186. The lowest BCUT2D eigenvalue weighted by molar-refractivity contribution is -0.341. The molecule has 0 aliphatic heterocycles. The second kappa shape index (κ2) is 18.9. The number of hydrogen-bond donors (Lipinski definition) is 0. The van der Waals surface area contributed by atoms with E-state index in [-0.39, 0.29) is 6.61 Å². The molecule has 0 aliphatic carbocycles. The van der Waals surface area contributed by atoms with Crippen molar-refractivity contribution in [1.82, 2.24) is 0 Å². The fourth-order valence-corrected chi connectivity index (χ4v) is 14.6. The Labute approximate surface area is 293 Å². The molecule has 0 saturated heterocycles. The second-order valence-corrected chi connectivity index (χ2v) is 19.9. The molecular weight excluding hydrogens is 661 g/mol. The van der Waals surface area contributed by atoms with Crippen LogP contribution in [0.1, 0.15) is 20.8 Å². The van der Waals surface area contributed by atoms with Crippen LogP contribution in [0.5, 0.6) is 0 Å². The van der Waals surface area contributed by atoms with Crippen LogP contribution in [0.3, 0.4) is 0 Å². The van der Waals surface area contributed by atoms with Gasteiger partial charge in [-0.05, 0) is 93.6 Å². The van der Waals surface area contributed by atoms with Crippen LogP contribution in [-0.2, 0) is 9.09 Å². The van der Waals surface area contributed by atoms with Gasteiger partial charge in [-0.3, -0.25) is 0 Å². The summed E-state index contributed by atoms with van der Waals surface area (Å²) < 4.78 is 13.2. The lowest BCUT2D eigenvalue weighted by atomic mass is 10.4. The number of benzene rings is 6. The van der Waals surface area contributed by atoms with Gasteiger partial charge in [0.05, 0.1) is 20.1 Å². The Morgan fingerprint density at radius 3 is 0.694 bits per heavy atom. The third-order valence-electron chi connectivity index (χ3n) is 8.42. The van der Waals surface area contributed by atoms with E-state index in [2.05, 4.69) is 200 Å². The van der Waals surface area contributed by atoms with E-state index in [1.54, 1.807) is 0 Å². The van der Waals surface area contributed by atoms with Gasteiger partial charge in [0.1, 0.15) is 46.4 Å². The molecule has 0 saturated carbocycles. The van der Waals surface area contributed by atoms with Crippen LogP contribution >= 0.6 is 22.3 Å². The van der Waals surface area contributed by atoms with Crippen LogP contribution in [0.2, 0.25) is 0 Å². The normalized spacial score (nSPS) is 11.4. The summed E-state index contributed by atoms with van der Waals surface area (Å²) in [5.74, 6) is 0. The lowest BCUT2D eigenvalue weighted by Gasteiger charge is -2.27. The highest BCUT2D eigenvalue weighted by molar-refractivity contribution is 7.96. The minimum Gasteiger partial charge on any atom is -0.790 e. The monoisotopic (exact) mass is 706 g/mol. The first-order valence-corrected chi connectivity index (χ1v) is 22.0. The molecule has 6 aromatic rings. The molecular formula is C42H45O4P3. The second-order valence-electron chi connectivity index (χ2n) is 11.1. The largest absolute Gasteiger partial charge is 0.790 e. The van der Waals surface area contributed by atoms with Gasteiger partial charge in [0.25, 0.3) is 0 Å². The summed E-state index contributed by atoms with van der Waals surface area (Å²) in [4.78, 5) is 19.0. The molecule has 0 unspecified atom stereocenters. The summed E-state index contributed by atoms with van der Waals surface area (Å²) in [6.07, 6.45) is 2.29. The molecule has 0 fully saturated rings. The number of phosphoric acid groups is 1. The van der Waals surface area contributed by atoms with Gasteiger partial charge in [-0.2, -0.15) is 0 Å². The number of hydrogen-bond acceptors (Lipinski definition) is 4. The molecule has 252 valence electrons. The third-order valence-corrected chi connectivity index (χ3v) is 18.0. The predicted octanol–water partition coefficient (Wildman–Crippen LogP) is 6.85. The molecule has 0 atom stereocenters. The molecule has 6 rings (SSSR count). The van der Waals surface area contributed by atoms with E-state index < -0.39 is 22.3 Å². The van der Waals surface area contributed by atoms with Crippen LogP contribution < -0.4 is 41.6 Å². The van der Waals surface area contributed by atoms with Gasteiger partial charge in [0, 0.05) is 6.61 Å². The zero-order valence-corrected chi connectivity index (χ0v) is 31.1. The van der Waals surface area contributed by atoms with Crippen LogP contribution in [0, 0.1) is 0 Å². The van der Waals surface area contributed by atoms with Gasteiger partial charge in [0.2, 0.25) is 0 Å². The van der Waals surface area contributed by atoms with Gasteiger partial charge in [-0.15, -0.1) is 0 Å². The van der Waals surface area contributed by atoms with E-state index in [0.29, 0.717) is 0 Å². The minimum atomic E-state index is -4.67. The van der Waals surface area contributed by atoms with Crippen LogP contribution in [-0.4, -0.2) is 18.9 Å². The fourth-order valence-electron chi connectivity index (χ4n) is 6.24. The fraction of sp³-hybridized carbons (Fsp3) is 0.143. The molecule has 0 amide bonds. The van der Waals surface area contributed by atoms with Gasteiger partial charge in [0.15, 0.2) is 0 Å². The average Bonchev–Trinajstić information content (AvgIpc) is 3.16. The van der Waals surface area contributed by atoms with E-state index in [4.69, 9.17) is 0 Å². The standard InChI is InChI=1S/2C20H20P.C2H7O4P/c2*1-2-21(18-12-6-3-7-13-18,19-14-8-4-9-15-19)20-16-10-5-11-17-20;1-2-6-7(3,4)5/h2*3-17H,2H2,1H3;2H2,1H3,(H2,3,4,5)/q2*+1;/p-2. The predicted molar refractivity (Wildman–Crippen MR) is 211 cm³/mol. The van der Waals surface area contributed by atoms with Crippen LogP contribution in [0.25, 0.3) is 0 Å². The summed E-state index contributed by atoms with van der Waals surface area (Å²) >= 11 is 0. The van der Waals surface area contributed by atoms with Gasteiger partial charge < -0.3 is 18.9 Å².